The second kappa shape index (κ2) is 7.43. The monoisotopic (exact) mass is 290 g/mol. The summed E-state index contributed by atoms with van der Waals surface area (Å²) >= 11 is 0. The number of rotatable bonds is 7. The van der Waals surface area contributed by atoms with Crippen LogP contribution in [-0.4, -0.2) is 13.0 Å². The van der Waals surface area contributed by atoms with E-state index in [2.05, 4.69) is 6.58 Å². The summed E-state index contributed by atoms with van der Waals surface area (Å²) in [4.78, 5) is 0. The van der Waals surface area contributed by atoms with E-state index in [9.17, 15) is 8.78 Å². The van der Waals surface area contributed by atoms with Gasteiger partial charge in [-0.3, -0.25) is 0 Å². The Morgan fingerprint density at radius 1 is 1.00 bits per heavy atom. The van der Waals surface area contributed by atoms with E-state index in [1.54, 1.807) is 24.3 Å². The lowest BCUT2D eigenvalue weighted by Crippen LogP contribution is -2.08. The normalized spacial score (nSPS) is 10.4. The fraction of sp³-hybridized carbons (Fsp3) is 0.176. The molecule has 0 saturated heterocycles. The quantitative estimate of drug-likeness (QED) is 0.744. The first-order chi connectivity index (χ1) is 10.2. The number of hydrogen-bond donors (Lipinski definition) is 0. The van der Waals surface area contributed by atoms with Crippen molar-refractivity contribution in [3.8, 4) is 11.5 Å². The molecule has 2 nitrogen and oxygen atoms in total. The van der Waals surface area contributed by atoms with E-state index in [0.29, 0.717) is 18.1 Å². The molecule has 0 heterocycles. The van der Waals surface area contributed by atoms with Gasteiger partial charge in [-0.25, -0.2) is 8.78 Å². The molecule has 0 spiro atoms. The van der Waals surface area contributed by atoms with Crippen molar-refractivity contribution in [2.45, 2.75) is 13.0 Å². The summed E-state index contributed by atoms with van der Waals surface area (Å²) in [6, 6.07) is 14.7. The molecular weight excluding hydrogens is 274 g/mol. The van der Waals surface area contributed by atoms with E-state index in [4.69, 9.17) is 9.47 Å². The van der Waals surface area contributed by atoms with Crippen molar-refractivity contribution in [1.82, 2.24) is 0 Å². The van der Waals surface area contributed by atoms with Gasteiger partial charge in [0.1, 0.15) is 13.2 Å². The lowest BCUT2D eigenvalue weighted by molar-refractivity contribution is 0.0798. The molecule has 0 atom stereocenters. The molecule has 2 rings (SSSR count). The minimum atomic E-state index is -2.52. The summed E-state index contributed by atoms with van der Waals surface area (Å²) in [5.41, 5.74) is 1.82. The van der Waals surface area contributed by atoms with E-state index in [-0.39, 0.29) is 0 Å². The maximum Gasteiger partial charge on any atom is 0.272 e. The molecule has 0 bridgehead atoms. The highest BCUT2D eigenvalue weighted by Crippen LogP contribution is 2.30. The first-order valence-corrected chi connectivity index (χ1v) is 6.53. The van der Waals surface area contributed by atoms with Crippen molar-refractivity contribution in [3.05, 3.63) is 66.2 Å². The third kappa shape index (κ3) is 4.60. The van der Waals surface area contributed by atoms with Crippen LogP contribution in [0.4, 0.5) is 8.78 Å². The Kier molecular flexibility index (Phi) is 5.32. The number of benzene rings is 2. The SMILES string of the molecule is C=Cc1ccc(OCC(F)F)c(OCc2ccccc2)c1. The summed E-state index contributed by atoms with van der Waals surface area (Å²) in [5, 5.41) is 0. The molecule has 0 fully saturated rings. The number of halogens is 2. The molecule has 2 aromatic carbocycles. The maximum absolute atomic E-state index is 12.3. The average Bonchev–Trinajstić information content (AvgIpc) is 2.52. The highest BCUT2D eigenvalue weighted by atomic mass is 19.3. The summed E-state index contributed by atoms with van der Waals surface area (Å²) in [6.07, 6.45) is -0.863. The van der Waals surface area contributed by atoms with Crippen LogP contribution in [0.3, 0.4) is 0 Å². The zero-order chi connectivity index (χ0) is 15.1. The fourth-order valence-electron chi connectivity index (χ4n) is 1.77. The van der Waals surface area contributed by atoms with Crippen molar-refractivity contribution in [3.63, 3.8) is 0 Å². The molecule has 0 radical (unpaired) electrons. The van der Waals surface area contributed by atoms with Gasteiger partial charge in [0.05, 0.1) is 0 Å². The van der Waals surface area contributed by atoms with Gasteiger partial charge >= 0.3 is 0 Å². The predicted octanol–water partition coefficient (Wildman–Crippen LogP) is 4.55. The second-order valence-electron chi connectivity index (χ2n) is 4.39. The van der Waals surface area contributed by atoms with Crippen LogP contribution in [0.1, 0.15) is 11.1 Å². The van der Waals surface area contributed by atoms with Gasteiger partial charge in [0, 0.05) is 0 Å². The van der Waals surface area contributed by atoms with Gasteiger partial charge in [0.15, 0.2) is 11.5 Å². The summed E-state index contributed by atoms with van der Waals surface area (Å²) in [5.74, 6) is 0.730. The van der Waals surface area contributed by atoms with Crippen molar-refractivity contribution >= 4 is 6.08 Å². The highest BCUT2D eigenvalue weighted by Gasteiger charge is 2.10. The van der Waals surface area contributed by atoms with E-state index >= 15 is 0 Å². The Balaban J connectivity index is 2.12. The molecule has 0 aliphatic heterocycles. The molecule has 2 aromatic rings. The van der Waals surface area contributed by atoms with E-state index in [1.165, 1.54) is 0 Å². The van der Waals surface area contributed by atoms with E-state index in [1.807, 2.05) is 30.3 Å². The van der Waals surface area contributed by atoms with Gasteiger partial charge in [-0.05, 0) is 23.3 Å². The fourth-order valence-corrected chi connectivity index (χ4v) is 1.77. The minimum absolute atomic E-state index is 0.303. The molecule has 0 unspecified atom stereocenters. The van der Waals surface area contributed by atoms with Crippen LogP contribution in [0.5, 0.6) is 11.5 Å². The van der Waals surface area contributed by atoms with Crippen LogP contribution in [0.25, 0.3) is 6.08 Å². The minimum Gasteiger partial charge on any atom is -0.485 e. The van der Waals surface area contributed by atoms with Gasteiger partial charge < -0.3 is 9.47 Å². The topological polar surface area (TPSA) is 18.5 Å². The molecule has 4 heteroatoms. The number of ether oxygens (including phenoxy) is 2. The molecule has 0 N–H and O–H groups in total. The second-order valence-corrected chi connectivity index (χ2v) is 4.39. The molecule has 0 aliphatic rings. The number of alkyl halides is 2. The van der Waals surface area contributed by atoms with Gasteiger partial charge in [-0.1, -0.05) is 49.1 Å². The zero-order valence-electron chi connectivity index (χ0n) is 11.5. The standard InChI is InChI=1S/C17H16F2O2/c1-2-13-8-9-15(21-12-17(18)19)16(10-13)20-11-14-6-4-3-5-7-14/h2-10,17H,1,11-12H2. The lowest BCUT2D eigenvalue weighted by atomic mass is 10.2. The lowest BCUT2D eigenvalue weighted by Gasteiger charge is -2.13. The van der Waals surface area contributed by atoms with Gasteiger partial charge in [0.25, 0.3) is 6.43 Å². The van der Waals surface area contributed by atoms with E-state index in [0.717, 1.165) is 11.1 Å². The third-order valence-electron chi connectivity index (χ3n) is 2.81. The highest BCUT2D eigenvalue weighted by molar-refractivity contribution is 5.54. The van der Waals surface area contributed by atoms with Crippen LogP contribution in [0.2, 0.25) is 0 Å². The first-order valence-electron chi connectivity index (χ1n) is 6.53. The Labute approximate surface area is 122 Å². The molecule has 0 saturated carbocycles. The Hall–Kier alpha value is -2.36. The summed E-state index contributed by atoms with van der Waals surface area (Å²) in [6.45, 7) is 3.36. The third-order valence-corrected chi connectivity index (χ3v) is 2.81. The molecule has 110 valence electrons. The van der Waals surface area contributed by atoms with Crippen LogP contribution >= 0.6 is 0 Å². The number of hydrogen-bond acceptors (Lipinski definition) is 2. The molecule has 0 amide bonds. The van der Waals surface area contributed by atoms with Crippen molar-refractivity contribution in [2.24, 2.45) is 0 Å². The van der Waals surface area contributed by atoms with E-state index < -0.39 is 13.0 Å². The molecule has 0 aliphatic carbocycles. The molecular formula is C17H16F2O2. The predicted molar refractivity (Wildman–Crippen MR) is 78.8 cm³/mol. The van der Waals surface area contributed by atoms with Gasteiger partial charge in [0.2, 0.25) is 0 Å². The smallest absolute Gasteiger partial charge is 0.272 e. The van der Waals surface area contributed by atoms with Crippen molar-refractivity contribution in [2.75, 3.05) is 6.61 Å². The average molecular weight is 290 g/mol. The van der Waals surface area contributed by atoms with Crippen LogP contribution < -0.4 is 9.47 Å². The Morgan fingerprint density at radius 2 is 1.76 bits per heavy atom. The summed E-state index contributed by atoms with van der Waals surface area (Å²) < 4.78 is 35.3. The largest absolute Gasteiger partial charge is 0.485 e. The van der Waals surface area contributed by atoms with Crippen molar-refractivity contribution < 1.29 is 18.3 Å². The van der Waals surface area contributed by atoms with Gasteiger partial charge in [-0.2, -0.15) is 0 Å². The zero-order valence-corrected chi connectivity index (χ0v) is 11.5. The maximum atomic E-state index is 12.3. The first kappa shape index (κ1) is 15.0. The van der Waals surface area contributed by atoms with Crippen molar-refractivity contribution in [1.29, 1.82) is 0 Å². The Morgan fingerprint density at radius 3 is 2.43 bits per heavy atom. The van der Waals surface area contributed by atoms with Crippen LogP contribution in [-0.2, 0) is 6.61 Å². The van der Waals surface area contributed by atoms with Crippen LogP contribution in [0, 0.1) is 0 Å². The molecule has 21 heavy (non-hydrogen) atoms. The Bertz CT molecular complexity index is 583. The van der Waals surface area contributed by atoms with Crippen LogP contribution in [0.15, 0.2) is 55.1 Å². The van der Waals surface area contributed by atoms with Gasteiger partial charge in [-0.15, -0.1) is 0 Å². The summed E-state index contributed by atoms with van der Waals surface area (Å²) in [7, 11) is 0. The molecule has 0 aromatic heterocycles.